The van der Waals surface area contributed by atoms with E-state index in [-0.39, 0.29) is 5.60 Å². The molecule has 1 aromatic carbocycles. The van der Waals surface area contributed by atoms with Gasteiger partial charge in [0.25, 0.3) is 0 Å². The van der Waals surface area contributed by atoms with Crippen LogP contribution >= 0.6 is 0 Å². The lowest BCUT2D eigenvalue weighted by Gasteiger charge is -2.22. The topological polar surface area (TPSA) is 9.23 Å². The average molecular weight is 174 g/mol. The number of hydrogen-bond donors (Lipinski definition) is 0. The largest absolute Gasteiger partial charge is 0.366 e. The van der Waals surface area contributed by atoms with Gasteiger partial charge in [-0.25, -0.2) is 0 Å². The SMILES string of the molecule is C=C1CO[C@@](C)(c2ccccc2)C1. The van der Waals surface area contributed by atoms with Crippen LogP contribution in [0, 0.1) is 0 Å². The number of hydrogen-bond acceptors (Lipinski definition) is 1. The van der Waals surface area contributed by atoms with Gasteiger partial charge in [-0.05, 0) is 18.1 Å². The molecule has 0 saturated carbocycles. The van der Waals surface area contributed by atoms with E-state index < -0.39 is 0 Å². The zero-order valence-corrected chi connectivity index (χ0v) is 7.92. The lowest BCUT2D eigenvalue weighted by molar-refractivity contribution is 0.0177. The van der Waals surface area contributed by atoms with Crippen molar-refractivity contribution in [1.29, 1.82) is 0 Å². The van der Waals surface area contributed by atoms with Gasteiger partial charge >= 0.3 is 0 Å². The van der Waals surface area contributed by atoms with Gasteiger partial charge in [0.15, 0.2) is 0 Å². The molecular weight excluding hydrogens is 160 g/mol. The predicted octanol–water partition coefficient (Wildman–Crippen LogP) is 2.88. The second kappa shape index (κ2) is 3.00. The van der Waals surface area contributed by atoms with Crippen molar-refractivity contribution >= 4 is 0 Å². The highest BCUT2D eigenvalue weighted by Gasteiger charge is 2.33. The maximum Gasteiger partial charge on any atom is 0.0945 e. The van der Waals surface area contributed by atoms with Crippen LogP contribution < -0.4 is 0 Å². The summed E-state index contributed by atoms with van der Waals surface area (Å²) in [6.45, 7) is 6.78. The Morgan fingerprint density at radius 2 is 2.00 bits per heavy atom. The molecule has 1 aromatic rings. The summed E-state index contributed by atoms with van der Waals surface area (Å²) in [5.74, 6) is 0. The summed E-state index contributed by atoms with van der Waals surface area (Å²) in [6.07, 6.45) is 0.941. The van der Waals surface area contributed by atoms with Gasteiger partial charge in [0.1, 0.15) is 0 Å². The van der Waals surface area contributed by atoms with E-state index in [0.717, 1.165) is 6.42 Å². The maximum atomic E-state index is 5.74. The van der Waals surface area contributed by atoms with Crippen LogP contribution in [-0.4, -0.2) is 6.61 Å². The van der Waals surface area contributed by atoms with Crippen LogP contribution in [0.25, 0.3) is 0 Å². The van der Waals surface area contributed by atoms with Crippen LogP contribution in [-0.2, 0) is 10.3 Å². The predicted molar refractivity (Wildman–Crippen MR) is 53.5 cm³/mol. The molecule has 1 saturated heterocycles. The van der Waals surface area contributed by atoms with E-state index in [2.05, 4.69) is 25.6 Å². The van der Waals surface area contributed by atoms with Crippen molar-refractivity contribution in [2.75, 3.05) is 6.61 Å². The summed E-state index contributed by atoms with van der Waals surface area (Å²) >= 11 is 0. The summed E-state index contributed by atoms with van der Waals surface area (Å²) in [5.41, 5.74) is 2.29. The van der Waals surface area contributed by atoms with Crippen molar-refractivity contribution in [3.8, 4) is 0 Å². The Morgan fingerprint density at radius 3 is 2.54 bits per heavy atom. The molecule has 2 rings (SSSR count). The molecule has 0 aromatic heterocycles. The third-order valence-electron chi connectivity index (χ3n) is 2.57. The van der Waals surface area contributed by atoms with Crippen LogP contribution in [0.3, 0.4) is 0 Å². The molecule has 0 aliphatic carbocycles. The Morgan fingerprint density at radius 1 is 1.31 bits per heavy atom. The van der Waals surface area contributed by atoms with Crippen LogP contribution in [0.1, 0.15) is 18.9 Å². The fourth-order valence-corrected chi connectivity index (χ4v) is 1.82. The molecule has 1 aliphatic rings. The monoisotopic (exact) mass is 174 g/mol. The standard InChI is InChI=1S/C12H14O/c1-10-8-12(2,13-9-10)11-6-4-3-5-7-11/h3-7H,1,8-9H2,2H3/t12-/m1/s1. The van der Waals surface area contributed by atoms with E-state index in [0.29, 0.717) is 6.61 Å². The molecule has 68 valence electrons. The molecule has 13 heavy (non-hydrogen) atoms. The highest BCUT2D eigenvalue weighted by Crippen LogP contribution is 2.37. The highest BCUT2D eigenvalue weighted by molar-refractivity contribution is 5.26. The fourth-order valence-electron chi connectivity index (χ4n) is 1.82. The Kier molecular flexibility index (Phi) is 1.97. The first-order valence-electron chi connectivity index (χ1n) is 4.57. The second-order valence-electron chi connectivity index (χ2n) is 3.81. The number of rotatable bonds is 1. The molecule has 1 heterocycles. The molecule has 1 heteroatoms. The van der Waals surface area contributed by atoms with Crippen LogP contribution in [0.2, 0.25) is 0 Å². The van der Waals surface area contributed by atoms with Crippen LogP contribution in [0.4, 0.5) is 0 Å². The van der Waals surface area contributed by atoms with Gasteiger partial charge in [-0.3, -0.25) is 0 Å². The third kappa shape index (κ3) is 1.52. The molecule has 0 amide bonds. The third-order valence-corrected chi connectivity index (χ3v) is 2.57. The summed E-state index contributed by atoms with van der Waals surface area (Å²) < 4.78 is 5.74. The first kappa shape index (κ1) is 8.52. The van der Waals surface area contributed by atoms with Crippen molar-refractivity contribution in [2.24, 2.45) is 0 Å². The number of ether oxygens (including phenoxy) is 1. The molecule has 1 aliphatic heterocycles. The molecule has 0 bridgehead atoms. The van der Waals surface area contributed by atoms with E-state index >= 15 is 0 Å². The zero-order valence-electron chi connectivity index (χ0n) is 7.92. The Bertz CT molecular complexity index is 315. The summed E-state index contributed by atoms with van der Waals surface area (Å²) in [6, 6.07) is 10.3. The molecular formula is C12H14O. The molecule has 1 nitrogen and oxygen atoms in total. The quantitative estimate of drug-likeness (QED) is 0.595. The minimum Gasteiger partial charge on any atom is -0.366 e. The minimum absolute atomic E-state index is 0.141. The van der Waals surface area contributed by atoms with Crippen molar-refractivity contribution in [3.05, 3.63) is 48.0 Å². The molecule has 1 fully saturated rings. The highest BCUT2D eigenvalue weighted by atomic mass is 16.5. The zero-order chi connectivity index (χ0) is 9.31. The second-order valence-corrected chi connectivity index (χ2v) is 3.81. The molecule has 0 radical (unpaired) electrons. The first-order valence-corrected chi connectivity index (χ1v) is 4.57. The summed E-state index contributed by atoms with van der Waals surface area (Å²) in [7, 11) is 0. The first-order chi connectivity index (χ1) is 6.21. The van der Waals surface area contributed by atoms with E-state index in [1.54, 1.807) is 0 Å². The van der Waals surface area contributed by atoms with Crippen molar-refractivity contribution in [3.63, 3.8) is 0 Å². The van der Waals surface area contributed by atoms with Crippen LogP contribution in [0.15, 0.2) is 42.5 Å². The number of benzene rings is 1. The van der Waals surface area contributed by atoms with Gasteiger partial charge < -0.3 is 4.74 Å². The molecule has 0 unspecified atom stereocenters. The van der Waals surface area contributed by atoms with Crippen molar-refractivity contribution in [1.82, 2.24) is 0 Å². The Balaban J connectivity index is 2.31. The normalized spacial score (nSPS) is 27.9. The van der Waals surface area contributed by atoms with E-state index in [4.69, 9.17) is 4.74 Å². The van der Waals surface area contributed by atoms with Gasteiger partial charge in [-0.2, -0.15) is 0 Å². The van der Waals surface area contributed by atoms with Gasteiger partial charge in [0.05, 0.1) is 12.2 Å². The summed E-state index contributed by atoms with van der Waals surface area (Å²) in [5, 5.41) is 0. The van der Waals surface area contributed by atoms with E-state index in [1.165, 1.54) is 11.1 Å². The molecule has 0 spiro atoms. The Labute approximate surface area is 79.0 Å². The van der Waals surface area contributed by atoms with E-state index in [9.17, 15) is 0 Å². The molecule has 1 atom stereocenters. The lowest BCUT2D eigenvalue weighted by atomic mass is 9.92. The Hall–Kier alpha value is -1.08. The van der Waals surface area contributed by atoms with Crippen LogP contribution in [0.5, 0.6) is 0 Å². The van der Waals surface area contributed by atoms with Crippen molar-refractivity contribution < 1.29 is 4.74 Å². The van der Waals surface area contributed by atoms with Gasteiger partial charge in [0.2, 0.25) is 0 Å². The summed E-state index contributed by atoms with van der Waals surface area (Å²) in [4.78, 5) is 0. The fraction of sp³-hybridized carbons (Fsp3) is 0.333. The van der Waals surface area contributed by atoms with E-state index in [1.807, 2.05) is 18.2 Å². The van der Waals surface area contributed by atoms with Gasteiger partial charge in [-0.1, -0.05) is 36.9 Å². The van der Waals surface area contributed by atoms with Gasteiger partial charge in [0, 0.05) is 6.42 Å². The smallest absolute Gasteiger partial charge is 0.0945 e. The van der Waals surface area contributed by atoms with Gasteiger partial charge in [-0.15, -0.1) is 0 Å². The minimum atomic E-state index is -0.141. The lowest BCUT2D eigenvalue weighted by Crippen LogP contribution is -2.19. The maximum absolute atomic E-state index is 5.74. The average Bonchev–Trinajstić information content (AvgIpc) is 2.49. The molecule has 0 N–H and O–H groups in total. The van der Waals surface area contributed by atoms with Crippen molar-refractivity contribution in [2.45, 2.75) is 18.9 Å².